The van der Waals surface area contributed by atoms with Gasteiger partial charge in [-0.1, -0.05) is 0 Å². The number of carbonyl (C=O) groups is 4. The molecule has 2 atom stereocenters. The van der Waals surface area contributed by atoms with Crippen LogP contribution in [0.15, 0.2) is 0 Å². The molecule has 0 aromatic carbocycles. The van der Waals surface area contributed by atoms with Crippen molar-refractivity contribution in [3.8, 4) is 0 Å². The summed E-state index contributed by atoms with van der Waals surface area (Å²) in [7, 11) is 0. The van der Waals surface area contributed by atoms with Gasteiger partial charge in [0.15, 0.2) is 6.10 Å². The van der Waals surface area contributed by atoms with Crippen LogP contribution in [0.1, 0.15) is 26.7 Å². The molecule has 0 aromatic rings. The Kier molecular flexibility index (Phi) is 5.95. The summed E-state index contributed by atoms with van der Waals surface area (Å²) in [6.07, 6.45) is -0.210. The van der Waals surface area contributed by atoms with E-state index in [-0.39, 0.29) is 25.5 Å². The average Bonchev–Trinajstić information content (AvgIpc) is 2.78. The highest BCUT2D eigenvalue weighted by atomic mass is 16.6. The molecule has 1 N–H and O–H groups in total. The summed E-state index contributed by atoms with van der Waals surface area (Å²) in [6.45, 7) is 1.97. The molecule has 1 heterocycles. The third kappa shape index (κ3) is 5.68. The van der Waals surface area contributed by atoms with Crippen molar-refractivity contribution in [2.24, 2.45) is 0 Å². The van der Waals surface area contributed by atoms with Crippen LogP contribution in [0.25, 0.3) is 0 Å². The summed E-state index contributed by atoms with van der Waals surface area (Å²) in [4.78, 5) is 44.2. The van der Waals surface area contributed by atoms with Gasteiger partial charge in [-0.25, -0.2) is 4.79 Å². The number of ether oxygens (including phenoxy) is 3. The summed E-state index contributed by atoms with van der Waals surface area (Å²) in [5, 5.41) is 2.46. The lowest BCUT2D eigenvalue weighted by Crippen LogP contribution is -2.37. The Balaban J connectivity index is 2.39. The molecule has 0 aromatic heterocycles. The fourth-order valence-corrected chi connectivity index (χ4v) is 1.63. The van der Waals surface area contributed by atoms with Gasteiger partial charge < -0.3 is 19.5 Å². The molecule has 1 aliphatic rings. The highest BCUT2D eigenvalue weighted by molar-refractivity contribution is 5.88. The summed E-state index contributed by atoms with van der Waals surface area (Å²) in [5.74, 6) is -1.91. The molecular weight excluding hydrogens is 270 g/mol. The van der Waals surface area contributed by atoms with Crippen LogP contribution in [0.2, 0.25) is 0 Å². The molecule has 1 rings (SSSR count). The van der Waals surface area contributed by atoms with Gasteiger partial charge in [-0.05, 0) is 6.42 Å². The van der Waals surface area contributed by atoms with E-state index in [2.05, 4.69) is 5.32 Å². The average molecular weight is 287 g/mol. The number of amides is 1. The molecule has 1 saturated heterocycles. The van der Waals surface area contributed by atoms with E-state index in [9.17, 15) is 19.2 Å². The van der Waals surface area contributed by atoms with Crippen molar-refractivity contribution < 1.29 is 33.4 Å². The largest absolute Gasteiger partial charge is 0.462 e. The minimum atomic E-state index is -0.863. The van der Waals surface area contributed by atoms with Crippen LogP contribution in [-0.2, 0) is 33.4 Å². The monoisotopic (exact) mass is 287 g/mol. The molecule has 8 nitrogen and oxygen atoms in total. The Labute approximate surface area is 115 Å². The summed E-state index contributed by atoms with van der Waals surface area (Å²) >= 11 is 0. The molecule has 20 heavy (non-hydrogen) atoms. The number of hydrogen-bond donors (Lipinski definition) is 1. The van der Waals surface area contributed by atoms with Crippen molar-refractivity contribution in [2.75, 3.05) is 13.2 Å². The van der Waals surface area contributed by atoms with Gasteiger partial charge in [0.2, 0.25) is 5.91 Å². The van der Waals surface area contributed by atoms with E-state index in [4.69, 9.17) is 14.2 Å². The van der Waals surface area contributed by atoms with Crippen molar-refractivity contribution in [2.45, 2.75) is 38.8 Å². The molecule has 0 spiro atoms. The van der Waals surface area contributed by atoms with Crippen LogP contribution in [0, 0.1) is 0 Å². The van der Waals surface area contributed by atoms with Crippen LogP contribution < -0.4 is 5.32 Å². The van der Waals surface area contributed by atoms with Crippen molar-refractivity contribution in [3.05, 3.63) is 0 Å². The van der Waals surface area contributed by atoms with Crippen molar-refractivity contribution in [1.29, 1.82) is 0 Å². The highest BCUT2D eigenvalue weighted by Crippen LogP contribution is 2.08. The minimum Gasteiger partial charge on any atom is -0.462 e. The summed E-state index contributed by atoms with van der Waals surface area (Å²) < 4.78 is 14.5. The first-order valence-electron chi connectivity index (χ1n) is 6.15. The highest BCUT2D eigenvalue weighted by Gasteiger charge is 2.29. The number of hydrogen-bond acceptors (Lipinski definition) is 7. The lowest BCUT2D eigenvalue weighted by Gasteiger charge is -2.18. The van der Waals surface area contributed by atoms with Crippen molar-refractivity contribution >= 4 is 23.8 Å². The first kappa shape index (κ1) is 15.9. The zero-order valence-corrected chi connectivity index (χ0v) is 11.3. The van der Waals surface area contributed by atoms with E-state index < -0.39 is 30.1 Å². The number of carbonyl (C=O) groups excluding carboxylic acids is 4. The Morgan fingerprint density at radius 1 is 1.20 bits per heavy atom. The second-order valence-corrected chi connectivity index (χ2v) is 4.32. The SMILES string of the molecule is CC(=O)OCC(COC(=O)[C@@H]1CCC(=O)N1)OC(C)=O. The van der Waals surface area contributed by atoms with E-state index >= 15 is 0 Å². The molecule has 8 heteroatoms. The second kappa shape index (κ2) is 7.46. The van der Waals surface area contributed by atoms with Gasteiger partial charge in [-0.15, -0.1) is 0 Å². The van der Waals surface area contributed by atoms with E-state index in [1.807, 2.05) is 0 Å². The molecule has 0 radical (unpaired) electrons. The normalized spacial score (nSPS) is 18.9. The van der Waals surface area contributed by atoms with E-state index in [0.29, 0.717) is 6.42 Å². The maximum atomic E-state index is 11.6. The summed E-state index contributed by atoms with van der Waals surface area (Å²) in [6, 6.07) is -0.672. The number of esters is 3. The first-order valence-corrected chi connectivity index (χ1v) is 6.15. The fourth-order valence-electron chi connectivity index (χ4n) is 1.63. The topological polar surface area (TPSA) is 108 Å². The molecular formula is C12H17NO7. The Morgan fingerprint density at radius 3 is 2.35 bits per heavy atom. The van der Waals surface area contributed by atoms with Crippen LogP contribution in [-0.4, -0.2) is 49.2 Å². The van der Waals surface area contributed by atoms with Gasteiger partial charge >= 0.3 is 17.9 Å². The maximum Gasteiger partial charge on any atom is 0.328 e. The second-order valence-electron chi connectivity index (χ2n) is 4.32. The van der Waals surface area contributed by atoms with Crippen LogP contribution in [0.3, 0.4) is 0 Å². The number of nitrogens with one attached hydrogen (secondary N) is 1. The molecule has 1 fully saturated rings. The predicted molar refractivity (Wildman–Crippen MR) is 64.3 cm³/mol. The van der Waals surface area contributed by atoms with E-state index in [1.54, 1.807) is 0 Å². The summed E-state index contributed by atoms with van der Waals surface area (Å²) in [5.41, 5.74) is 0. The van der Waals surface area contributed by atoms with Crippen LogP contribution >= 0.6 is 0 Å². The first-order chi connectivity index (χ1) is 9.38. The van der Waals surface area contributed by atoms with Gasteiger partial charge in [0.25, 0.3) is 0 Å². The third-order valence-corrected chi connectivity index (χ3v) is 2.50. The molecule has 0 aliphatic carbocycles. The van der Waals surface area contributed by atoms with Gasteiger partial charge in [0, 0.05) is 20.3 Å². The molecule has 0 bridgehead atoms. The molecule has 1 aliphatic heterocycles. The maximum absolute atomic E-state index is 11.6. The number of rotatable bonds is 6. The molecule has 112 valence electrons. The smallest absolute Gasteiger partial charge is 0.328 e. The lowest BCUT2D eigenvalue weighted by molar-refractivity contribution is -0.165. The van der Waals surface area contributed by atoms with Crippen molar-refractivity contribution in [3.63, 3.8) is 0 Å². The quantitative estimate of drug-likeness (QED) is 0.508. The van der Waals surface area contributed by atoms with Gasteiger partial charge in [-0.3, -0.25) is 14.4 Å². The van der Waals surface area contributed by atoms with Crippen LogP contribution in [0.4, 0.5) is 0 Å². The minimum absolute atomic E-state index is 0.195. The zero-order valence-electron chi connectivity index (χ0n) is 11.3. The third-order valence-electron chi connectivity index (χ3n) is 2.50. The van der Waals surface area contributed by atoms with E-state index in [1.165, 1.54) is 13.8 Å². The molecule has 1 unspecified atom stereocenters. The Bertz CT molecular complexity index is 407. The van der Waals surface area contributed by atoms with Crippen molar-refractivity contribution in [1.82, 2.24) is 5.32 Å². The molecule has 0 saturated carbocycles. The Hall–Kier alpha value is -2.12. The zero-order chi connectivity index (χ0) is 15.1. The van der Waals surface area contributed by atoms with Crippen LogP contribution in [0.5, 0.6) is 0 Å². The van der Waals surface area contributed by atoms with E-state index in [0.717, 1.165) is 0 Å². The van der Waals surface area contributed by atoms with Gasteiger partial charge in [0.1, 0.15) is 19.3 Å². The fraction of sp³-hybridized carbons (Fsp3) is 0.667. The standard InChI is InChI=1S/C12H17NO7/c1-7(14)18-5-9(20-8(2)15)6-19-12(17)10-3-4-11(16)13-10/h9-10H,3-6H2,1-2H3,(H,13,16)/t9?,10-/m0/s1. The van der Waals surface area contributed by atoms with Gasteiger partial charge in [-0.2, -0.15) is 0 Å². The lowest BCUT2D eigenvalue weighted by atomic mass is 10.2. The Morgan fingerprint density at radius 2 is 1.85 bits per heavy atom. The predicted octanol–water partition coefficient (Wildman–Crippen LogP) is -0.697. The molecule has 1 amide bonds. The van der Waals surface area contributed by atoms with Gasteiger partial charge in [0.05, 0.1) is 0 Å².